The van der Waals surface area contributed by atoms with Crippen LogP contribution in [0.4, 0.5) is 0 Å². The molecular formula is C43H31N3O. The summed E-state index contributed by atoms with van der Waals surface area (Å²) in [4.78, 5) is 15.0. The monoisotopic (exact) mass is 605 g/mol. The topological polar surface area (TPSA) is 51.8 Å². The van der Waals surface area contributed by atoms with Gasteiger partial charge in [-0.25, -0.2) is 15.0 Å². The third-order valence-corrected chi connectivity index (χ3v) is 9.33. The average molecular weight is 606 g/mol. The van der Waals surface area contributed by atoms with E-state index < -0.39 is 0 Å². The van der Waals surface area contributed by atoms with E-state index >= 15 is 0 Å². The Kier molecular flexibility index (Phi) is 6.71. The molecule has 47 heavy (non-hydrogen) atoms. The van der Waals surface area contributed by atoms with Crippen molar-refractivity contribution in [1.82, 2.24) is 15.0 Å². The summed E-state index contributed by atoms with van der Waals surface area (Å²) >= 11 is 0. The highest BCUT2D eigenvalue weighted by Crippen LogP contribution is 2.37. The number of furan rings is 1. The molecule has 9 rings (SSSR count). The van der Waals surface area contributed by atoms with Gasteiger partial charge in [-0.05, 0) is 89.4 Å². The van der Waals surface area contributed by atoms with E-state index in [1.807, 2.05) is 36.4 Å². The second-order valence-electron chi connectivity index (χ2n) is 12.3. The van der Waals surface area contributed by atoms with Crippen LogP contribution < -0.4 is 0 Å². The smallest absolute Gasteiger partial charge is 0.164 e. The Hall–Kier alpha value is -5.87. The number of hydrogen-bond donors (Lipinski definition) is 0. The minimum Gasteiger partial charge on any atom is -0.456 e. The zero-order valence-corrected chi connectivity index (χ0v) is 25.9. The lowest BCUT2D eigenvalue weighted by molar-refractivity contribution is 0.669. The zero-order valence-electron chi connectivity index (χ0n) is 25.9. The van der Waals surface area contributed by atoms with E-state index in [9.17, 15) is 0 Å². The van der Waals surface area contributed by atoms with Gasteiger partial charge in [-0.2, -0.15) is 0 Å². The summed E-state index contributed by atoms with van der Waals surface area (Å²) in [6.45, 7) is 0. The van der Waals surface area contributed by atoms with Gasteiger partial charge in [0.25, 0.3) is 0 Å². The molecule has 0 bridgehead atoms. The van der Waals surface area contributed by atoms with Crippen LogP contribution in [-0.2, 0) is 12.8 Å². The van der Waals surface area contributed by atoms with Gasteiger partial charge in [0.15, 0.2) is 17.5 Å². The fourth-order valence-corrected chi connectivity index (χ4v) is 6.95. The highest BCUT2D eigenvalue weighted by atomic mass is 16.3. The highest BCUT2D eigenvalue weighted by molar-refractivity contribution is 6.07. The number of fused-ring (bicyclic) bond motifs is 4. The van der Waals surface area contributed by atoms with E-state index in [-0.39, 0.29) is 0 Å². The molecule has 2 aromatic heterocycles. The maximum absolute atomic E-state index is 6.54. The molecule has 0 spiro atoms. The van der Waals surface area contributed by atoms with E-state index in [1.54, 1.807) is 0 Å². The van der Waals surface area contributed by atoms with Crippen molar-refractivity contribution in [2.75, 3.05) is 0 Å². The third-order valence-electron chi connectivity index (χ3n) is 9.33. The largest absolute Gasteiger partial charge is 0.456 e. The van der Waals surface area contributed by atoms with Gasteiger partial charge in [-0.1, -0.05) is 109 Å². The minimum atomic E-state index is 0.609. The van der Waals surface area contributed by atoms with Crippen molar-refractivity contribution in [1.29, 1.82) is 0 Å². The predicted octanol–water partition coefficient (Wildman–Crippen LogP) is 11.0. The van der Waals surface area contributed by atoms with E-state index in [0.29, 0.717) is 17.5 Å². The summed E-state index contributed by atoms with van der Waals surface area (Å²) in [7, 11) is 0. The van der Waals surface area contributed by atoms with Gasteiger partial charge in [-0.15, -0.1) is 0 Å². The summed E-state index contributed by atoms with van der Waals surface area (Å²) in [6.07, 6.45) is 4.84. The lowest BCUT2D eigenvalue weighted by Gasteiger charge is -2.19. The van der Waals surface area contributed by atoms with Crippen molar-refractivity contribution in [3.63, 3.8) is 0 Å². The molecule has 2 heterocycles. The second kappa shape index (κ2) is 11.5. The van der Waals surface area contributed by atoms with Crippen molar-refractivity contribution in [2.45, 2.75) is 25.7 Å². The number of aromatic nitrogens is 3. The second-order valence-corrected chi connectivity index (χ2v) is 12.3. The van der Waals surface area contributed by atoms with Crippen LogP contribution in [0.5, 0.6) is 0 Å². The van der Waals surface area contributed by atoms with Gasteiger partial charge in [0.05, 0.1) is 0 Å². The Morgan fingerprint density at radius 1 is 0.404 bits per heavy atom. The van der Waals surface area contributed by atoms with Crippen LogP contribution in [-0.4, -0.2) is 15.0 Å². The molecule has 6 aromatic carbocycles. The maximum Gasteiger partial charge on any atom is 0.164 e. The normalized spacial score (nSPS) is 12.8. The van der Waals surface area contributed by atoms with Crippen molar-refractivity contribution in [2.24, 2.45) is 0 Å². The highest BCUT2D eigenvalue weighted by Gasteiger charge is 2.17. The zero-order chi connectivity index (χ0) is 31.2. The first kappa shape index (κ1) is 27.4. The molecular weight excluding hydrogens is 574 g/mol. The molecule has 0 atom stereocenters. The average Bonchev–Trinajstić information content (AvgIpc) is 3.52. The molecule has 1 aliphatic rings. The van der Waals surface area contributed by atoms with Crippen LogP contribution >= 0.6 is 0 Å². The lowest BCUT2D eigenvalue weighted by Crippen LogP contribution is -2.04. The SMILES string of the molecule is c1ccc(-c2cccc(-c3nc(-c4ccccc4)nc(-c4ccc5c(c4)oc4cc(-c6cccc7c6CCCC7)ccc45)n3)c2)cc1. The van der Waals surface area contributed by atoms with Gasteiger partial charge < -0.3 is 4.42 Å². The van der Waals surface area contributed by atoms with Gasteiger partial charge in [0.1, 0.15) is 11.2 Å². The Labute approximate surface area is 273 Å². The molecule has 224 valence electrons. The summed E-state index contributed by atoms with van der Waals surface area (Å²) in [5.74, 6) is 1.88. The molecule has 8 aromatic rings. The Morgan fingerprint density at radius 3 is 1.70 bits per heavy atom. The lowest BCUT2D eigenvalue weighted by atomic mass is 9.86. The number of nitrogens with zero attached hydrogens (tertiary/aromatic N) is 3. The number of hydrogen-bond acceptors (Lipinski definition) is 4. The summed E-state index contributed by atoms with van der Waals surface area (Å²) in [5.41, 5.74) is 12.3. The van der Waals surface area contributed by atoms with Gasteiger partial charge >= 0.3 is 0 Å². The van der Waals surface area contributed by atoms with Crippen molar-refractivity contribution in [3.05, 3.63) is 151 Å². The molecule has 4 nitrogen and oxygen atoms in total. The quantitative estimate of drug-likeness (QED) is 0.196. The predicted molar refractivity (Wildman–Crippen MR) is 191 cm³/mol. The number of aryl methyl sites for hydroxylation is 1. The molecule has 0 aliphatic heterocycles. The molecule has 0 fully saturated rings. The van der Waals surface area contributed by atoms with Crippen LogP contribution in [0.2, 0.25) is 0 Å². The van der Waals surface area contributed by atoms with Crippen LogP contribution in [0.1, 0.15) is 24.0 Å². The van der Waals surface area contributed by atoms with Crippen LogP contribution in [0.3, 0.4) is 0 Å². The first-order valence-electron chi connectivity index (χ1n) is 16.3. The van der Waals surface area contributed by atoms with E-state index in [4.69, 9.17) is 19.4 Å². The van der Waals surface area contributed by atoms with Gasteiger partial charge in [0, 0.05) is 27.5 Å². The Morgan fingerprint density at radius 2 is 0.957 bits per heavy atom. The number of benzene rings is 6. The third kappa shape index (κ3) is 5.08. The molecule has 0 N–H and O–H groups in total. The van der Waals surface area contributed by atoms with Crippen molar-refractivity contribution in [3.8, 4) is 56.4 Å². The standard InChI is InChI=1S/C43H31N3O/c1-3-11-28(12-4-1)31-17-9-18-33(25-31)42-44-41(30-14-5-2-6-15-30)45-43(46-42)34-22-24-38-37-23-21-32(26-39(37)47-40(38)27-34)36-20-10-16-29-13-7-8-19-35(29)36/h1-6,9-12,14-18,20-27H,7-8,13,19H2. The van der Waals surface area contributed by atoms with E-state index in [2.05, 4.69) is 103 Å². The number of rotatable bonds is 5. The summed E-state index contributed by atoms with van der Waals surface area (Å²) < 4.78 is 6.54. The maximum atomic E-state index is 6.54. The van der Waals surface area contributed by atoms with Crippen LogP contribution in [0.15, 0.2) is 144 Å². The summed E-state index contributed by atoms with van der Waals surface area (Å²) in [6, 6.07) is 48.5. The molecule has 0 amide bonds. The molecule has 0 saturated carbocycles. The van der Waals surface area contributed by atoms with E-state index in [1.165, 1.54) is 41.5 Å². The van der Waals surface area contributed by atoms with Gasteiger partial charge in [0.2, 0.25) is 0 Å². The fourth-order valence-electron chi connectivity index (χ4n) is 6.95. The fraction of sp³-hybridized carbons (Fsp3) is 0.0930. The molecule has 0 radical (unpaired) electrons. The van der Waals surface area contributed by atoms with E-state index in [0.717, 1.165) is 56.2 Å². The van der Waals surface area contributed by atoms with Crippen molar-refractivity contribution < 1.29 is 4.42 Å². The minimum absolute atomic E-state index is 0.609. The first-order valence-corrected chi connectivity index (χ1v) is 16.3. The molecule has 4 heteroatoms. The van der Waals surface area contributed by atoms with Crippen molar-refractivity contribution >= 4 is 21.9 Å². The molecule has 0 saturated heterocycles. The van der Waals surface area contributed by atoms with Crippen LogP contribution in [0.25, 0.3) is 78.4 Å². The van der Waals surface area contributed by atoms with Gasteiger partial charge in [-0.3, -0.25) is 0 Å². The summed E-state index contributed by atoms with van der Waals surface area (Å²) in [5, 5.41) is 2.19. The molecule has 0 unspecified atom stereocenters. The Balaban J connectivity index is 1.15. The Bertz CT molecular complexity index is 2410. The first-order chi connectivity index (χ1) is 23.3. The molecule has 1 aliphatic carbocycles. The van der Waals surface area contributed by atoms with Crippen LogP contribution in [0, 0.1) is 0 Å².